The molecule has 1 heterocycles. The molecule has 5 heteroatoms. The molecular formula is C7H11NO3S. The Kier molecular flexibility index (Phi) is 2.97. The van der Waals surface area contributed by atoms with Gasteiger partial charge in [0.05, 0.1) is 0 Å². The minimum atomic E-state index is -0.887. The van der Waals surface area contributed by atoms with E-state index < -0.39 is 6.09 Å². The number of carboxylic acid groups (broad SMARTS) is 1. The smallest absolute Gasteiger partial charge is 0.407 e. The van der Waals surface area contributed by atoms with Gasteiger partial charge in [0, 0.05) is 25.3 Å². The van der Waals surface area contributed by atoms with Gasteiger partial charge in [-0.25, -0.2) is 4.79 Å². The van der Waals surface area contributed by atoms with Gasteiger partial charge in [-0.15, -0.1) is 0 Å². The highest BCUT2D eigenvalue weighted by Crippen LogP contribution is 2.22. The van der Waals surface area contributed by atoms with E-state index in [0.29, 0.717) is 13.1 Å². The van der Waals surface area contributed by atoms with E-state index in [4.69, 9.17) is 5.11 Å². The van der Waals surface area contributed by atoms with E-state index >= 15 is 0 Å². The molecule has 1 aliphatic heterocycles. The molecule has 0 saturated carbocycles. The second-order valence-corrected chi connectivity index (χ2v) is 4.23. The van der Waals surface area contributed by atoms with Gasteiger partial charge in [-0.2, -0.15) is 0 Å². The van der Waals surface area contributed by atoms with Crippen molar-refractivity contribution in [1.29, 1.82) is 0 Å². The average molecular weight is 189 g/mol. The molecule has 0 aromatic carbocycles. The lowest BCUT2D eigenvalue weighted by molar-refractivity contribution is -0.109. The van der Waals surface area contributed by atoms with Crippen LogP contribution in [0, 0.1) is 0 Å². The highest BCUT2D eigenvalue weighted by Gasteiger charge is 2.26. The van der Waals surface area contributed by atoms with Gasteiger partial charge in [-0.1, -0.05) is 11.8 Å². The van der Waals surface area contributed by atoms with Crippen molar-refractivity contribution in [3.8, 4) is 0 Å². The molecule has 0 aromatic rings. The van der Waals surface area contributed by atoms with E-state index in [1.54, 1.807) is 0 Å². The third-order valence-electron chi connectivity index (χ3n) is 1.75. The molecule has 0 aliphatic carbocycles. The fraction of sp³-hybridized carbons (Fsp3) is 0.714. The van der Waals surface area contributed by atoms with Gasteiger partial charge in [-0.05, 0) is 6.42 Å². The summed E-state index contributed by atoms with van der Waals surface area (Å²) in [5, 5.41) is 8.82. The Hall–Kier alpha value is -0.710. The Morgan fingerprint density at radius 3 is 2.67 bits per heavy atom. The second-order valence-electron chi connectivity index (χ2n) is 2.75. The van der Waals surface area contributed by atoms with Crippen LogP contribution in [-0.2, 0) is 4.79 Å². The number of carbonyl (C=O) groups is 2. The zero-order valence-electron chi connectivity index (χ0n) is 6.82. The van der Waals surface area contributed by atoms with Crippen molar-refractivity contribution in [1.82, 2.24) is 4.90 Å². The van der Waals surface area contributed by atoms with E-state index in [2.05, 4.69) is 0 Å². The van der Waals surface area contributed by atoms with Crippen LogP contribution in [0.2, 0.25) is 0 Å². The molecule has 68 valence electrons. The zero-order chi connectivity index (χ0) is 9.14. The molecule has 1 atom stereocenters. The summed E-state index contributed by atoms with van der Waals surface area (Å²) in [6.07, 6.45) is -0.0991. The largest absolute Gasteiger partial charge is 0.465 e. The van der Waals surface area contributed by atoms with Crippen molar-refractivity contribution in [3.05, 3.63) is 0 Å². The minimum Gasteiger partial charge on any atom is -0.465 e. The summed E-state index contributed by atoms with van der Waals surface area (Å²) in [5.74, 6) is 0. The molecule has 0 bridgehead atoms. The molecule has 1 saturated heterocycles. The quantitative estimate of drug-likeness (QED) is 0.669. The van der Waals surface area contributed by atoms with Crippen LogP contribution in [0.1, 0.15) is 13.3 Å². The summed E-state index contributed by atoms with van der Waals surface area (Å²) in [5.41, 5.74) is 0. The number of rotatable bonds is 1. The number of hydrogen-bond acceptors (Lipinski definition) is 3. The van der Waals surface area contributed by atoms with Gasteiger partial charge < -0.3 is 10.0 Å². The number of nitrogens with zero attached hydrogens (tertiary/aromatic N) is 1. The van der Waals surface area contributed by atoms with Crippen LogP contribution in [0.25, 0.3) is 0 Å². The molecule has 1 rings (SSSR count). The summed E-state index contributed by atoms with van der Waals surface area (Å²) in [4.78, 5) is 22.5. The van der Waals surface area contributed by atoms with Crippen LogP contribution in [0.15, 0.2) is 0 Å². The maximum atomic E-state index is 10.7. The molecule has 12 heavy (non-hydrogen) atoms. The van der Waals surface area contributed by atoms with E-state index in [0.717, 1.165) is 6.42 Å². The first-order chi connectivity index (χ1) is 5.59. The van der Waals surface area contributed by atoms with E-state index in [1.807, 2.05) is 0 Å². The fourth-order valence-electron chi connectivity index (χ4n) is 1.23. The van der Waals surface area contributed by atoms with Crippen molar-refractivity contribution in [3.63, 3.8) is 0 Å². The Labute approximate surface area is 74.9 Å². The summed E-state index contributed by atoms with van der Waals surface area (Å²) in [6.45, 7) is 2.55. The van der Waals surface area contributed by atoms with Crippen molar-refractivity contribution in [2.75, 3.05) is 13.1 Å². The standard InChI is InChI=1S/C7H11NO3S/c1-5(9)12-6-2-3-8(4-6)7(10)11/h6H,2-4H2,1H3,(H,10,11)/t6-/m1/s1. The Morgan fingerprint density at radius 2 is 2.25 bits per heavy atom. The average Bonchev–Trinajstić information content (AvgIpc) is 2.34. The van der Waals surface area contributed by atoms with Crippen molar-refractivity contribution < 1.29 is 14.7 Å². The van der Waals surface area contributed by atoms with E-state index in [1.165, 1.54) is 23.6 Å². The van der Waals surface area contributed by atoms with Gasteiger partial charge in [0.25, 0.3) is 0 Å². The Balaban J connectivity index is 2.35. The molecule has 1 amide bonds. The van der Waals surface area contributed by atoms with Crippen LogP contribution in [0.5, 0.6) is 0 Å². The predicted octanol–water partition coefficient (Wildman–Crippen LogP) is 1.02. The van der Waals surface area contributed by atoms with E-state index in [-0.39, 0.29) is 10.4 Å². The number of thioether (sulfide) groups is 1. The molecule has 1 aliphatic rings. The van der Waals surface area contributed by atoms with Gasteiger partial charge in [0.2, 0.25) is 0 Å². The monoisotopic (exact) mass is 189 g/mol. The lowest BCUT2D eigenvalue weighted by Gasteiger charge is -2.10. The molecule has 1 N–H and O–H groups in total. The molecule has 0 spiro atoms. The first-order valence-corrected chi connectivity index (χ1v) is 4.62. The summed E-state index contributed by atoms with van der Waals surface area (Å²) in [6, 6.07) is 0. The zero-order valence-corrected chi connectivity index (χ0v) is 7.63. The first kappa shape index (κ1) is 9.38. The lowest BCUT2D eigenvalue weighted by Crippen LogP contribution is -2.27. The topological polar surface area (TPSA) is 57.6 Å². The number of amides is 1. The van der Waals surface area contributed by atoms with Crippen LogP contribution in [0.4, 0.5) is 4.79 Å². The maximum Gasteiger partial charge on any atom is 0.407 e. The molecule has 0 aromatic heterocycles. The van der Waals surface area contributed by atoms with E-state index in [9.17, 15) is 9.59 Å². The summed E-state index contributed by atoms with van der Waals surface area (Å²) >= 11 is 1.24. The second kappa shape index (κ2) is 3.80. The highest BCUT2D eigenvalue weighted by atomic mass is 32.2. The van der Waals surface area contributed by atoms with Crippen molar-refractivity contribution in [2.45, 2.75) is 18.6 Å². The SMILES string of the molecule is CC(=O)S[C@@H]1CCN(C(=O)O)C1. The third kappa shape index (κ3) is 2.41. The predicted molar refractivity (Wildman–Crippen MR) is 46.3 cm³/mol. The molecule has 0 radical (unpaired) electrons. The number of carbonyl (C=O) groups excluding carboxylic acids is 1. The maximum absolute atomic E-state index is 10.7. The van der Waals surface area contributed by atoms with Crippen molar-refractivity contribution in [2.24, 2.45) is 0 Å². The Bertz CT molecular complexity index is 207. The normalized spacial score (nSPS) is 22.8. The first-order valence-electron chi connectivity index (χ1n) is 3.74. The number of likely N-dealkylation sites (tertiary alicyclic amines) is 1. The van der Waals surface area contributed by atoms with Gasteiger partial charge in [0.1, 0.15) is 0 Å². The molecular weight excluding hydrogens is 178 g/mol. The molecule has 0 unspecified atom stereocenters. The highest BCUT2D eigenvalue weighted by molar-refractivity contribution is 8.14. The minimum absolute atomic E-state index is 0.0623. The molecule has 4 nitrogen and oxygen atoms in total. The lowest BCUT2D eigenvalue weighted by atomic mass is 10.4. The third-order valence-corrected chi connectivity index (χ3v) is 2.80. The summed E-state index contributed by atoms with van der Waals surface area (Å²) in [7, 11) is 0. The van der Waals surface area contributed by atoms with Gasteiger partial charge in [-0.3, -0.25) is 4.79 Å². The van der Waals surface area contributed by atoms with Crippen LogP contribution >= 0.6 is 11.8 Å². The van der Waals surface area contributed by atoms with Crippen LogP contribution in [0.3, 0.4) is 0 Å². The van der Waals surface area contributed by atoms with Crippen molar-refractivity contribution >= 4 is 23.0 Å². The number of hydrogen-bond donors (Lipinski definition) is 1. The van der Waals surface area contributed by atoms with Gasteiger partial charge >= 0.3 is 6.09 Å². The Morgan fingerprint density at radius 1 is 1.58 bits per heavy atom. The van der Waals surface area contributed by atoms with Crippen LogP contribution in [-0.4, -0.2) is 39.6 Å². The fourth-order valence-corrected chi connectivity index (χ4v) is 2.18. The summed E-state index contributed by atoms with van der Waals surface area (Å²) < 4.78 is 0. The van der Waals surface area contributed by atoms with Crippen LogP contribution < -0.4 is 0 Å². The molecule has 1 fully saturated rings. The van der Waals surface area contributed by atoms with Gasteiger partial charge in [0.15, 0.2) is 5.12 Å².